The molecule has 0 fully saturated rings. The molecule has 7 heteroatoms. The molecule has 0 saturated heterocycles. The molecule has 0 aliphatic carbocycles. The van der Waals surface area contributed by atoms with E-state index in [0.717, 1.165) is 24.1 Å². The van der Waals surface area contributed by atoms with Crippen molar-refractivity contribution in [2.45, 2.75) is 26.4 Å². The van der Waals surface area contributed by atoms with E-state index in [2.05, 4.69) is 5.32 Å². The molecule has 1 atom stereocenters. The Morgan fingerprint density at radius 2 is 1.85 bits per heavy atom. The number of anilines is 1. The Morgan fingerprint density at radius 1 is 1.15 bits per heavy atom. The molecular weight excluding hydrogens is 354 g/mol. The average Bonchev–Trinajstić information content (AvgIpc) is 2.64. The predicted octanol–water partition coefficient (Wildman–Crippen LogP) is 3.39. The Labute approximate surface area is 156 Å². The fourth-order valence-electron chi connectivity index (χ4n) is 2.55. The number of hydrogen-bond acceptors (Lipinski definition) is 3. The van der Waals surface area contributed by atoms with Crippen LogP contribution in [0.25, 0.3) is 0 Å². The number of rotatable bonds is 7. The minimum atomic E-state index is -1.06. The zero-order valence-corrected chi connectivity index (χ0v) is 15.5. The maximum Gasteiger partial charge on any atom is 0.263 e. The topological polar surface area (TPSA) is 58.6 Å². The van der Waals surface area contributed by atoms with E-state index < -0.39 is 23.6 Å². The Morgan fingerprint density at radius 3 is 2.52 bits per heavy atom. The maximum atomic E-state index is 13.2. The van der Waals surface area contributed by atoms with E-state index in [1.54, 1.807) is 6.07 Å². The first-order chi connectivity index (χ1) is 12.8. The van der Waals surface area contributed by atoms with Crippen molar-refractivity contribution in [2.75, 3.05) is 18.9 Å². The summed E-state index contributed by atoms with van der Waals surface area (Å²) in [5.41, 5.74) is 1.70. The van der Waals surface area contributed by atoms with Gasteiger partial charge in [0, 0.05) is 18.8 Å². The van der Waals surface area contributed by atoms with Gasteiger partial charge in [-0.25, -0.2) is 8.78 Å². The number of ether oxygens (including phenoxy) is 1. The number of carbonyl (C=O) groups is 2. The molecule has 0 radical (unpaired) electrons. The van der Waals surface area contributed by atoms with Crippen LogP contribution in [0.4, 0.5) is 14.5 Å². The maximum absolute atomic E-state index is 13.2. The minimum Gasteiger partial charge on any atom is -0.481 e. The van der Waals surface area contributed by atoms with Crippen molar-refractivity contribution >= 4 is 17.5 Å². The van der Waals surface area contributed by atoms with Crippen molar-refractivity contribution in [1.82, 2.24) is 4.90 Å². The molecule has 1 unspecified atom stereocenters. The quantitative estimate of drug-likeness (QED) is 0.806. The molecule has 5 nitrogen and oxygen atoms in total. The van der Waals surface area contributed by atoms with Gasteiger partial charge in [0.1, 0.15) is 5.75 Å². The summed E-state index contributed by atoms with van der Waals surface area (Å²) in [6, 6.07) is 10.5. The van der Waals surface area contributed by atoms with Gasteiger partial charge < -0.3 is 15.0 Å². The zero-order valence-electron chi connectivity index (χ0n) is 15.5. The summed E-state index contributed by atoms with van der Waals surface area (Å²) >= 11 is 0. The van der Waals surface area contributed by atoms with E-state index in [0.29, 0.717) is 5.69 Å². The number of amides is 2. The van der Waals surface area contributed by atoms with Crippen LogP contribution in [0.3, 0.4) is 0 Å². The molecule has 27 heavy (non-hydrogen) atoms. The van der Waals surface area contributed by atoms with Crippen molar-refractivity contribution in [3.05, 3.63) is 59.7 Å². The third-order valence-electron chi connectivity index (χ3n) is 3.98. The zero-order chi connectivity index (χ0) is 20.0. The third kappa shape index (κ3) is 5.51. The molecule has 0 aliphatic rings. The first kappa shape index (κ1) is 20.4. The number of carbonyl (C=O) groups excluding carboxylic acids is 2. The largest absolute Gasteiger partial charge is 0.481 e. The lowest BCUT2D eigenvalue weighted by Gasteiger charge is -2.22. The molecule has 0 aliphatic heterocycles. The summed E-state index contributed by atoms with van der Waals surface area (Å²) in [6.07, 6.45) is -0.194. The van der Waals surface area contributed by atoms with E-state index in [-0.39, 0.29) is 18.2 Å². The number of halogens is 2. The number of nitrogens with zero attached hydrogens (tertiary/aromatic N) is 1. The van der Waals surface area contributed by atoms with Gasteiger partial charge >= 0.3 is 0 Å². The average molecular weight is 376 g/mol. The monoisotopic (exact) mass is 376 g/mol. The highest BCUT2D eigenvalue weighted by atomic mass is 19.2. The van der Waals surface area contributed by atoms with Crippen LogP contribution in [0, 0.1) is 11.6 Å². The molecule has 144 valence electrons. The number of para-hydroxylation sites is 1. The van der Waals surface area contributed by atoms with E-state index in [1.807, 2.05) is 25.1 Å². The van der Waals surface area contributed by atoms with Crippen LogP contribution >= 0.6 is 0 Å². The van der Waals surface area contributed by atoms with Crippen LogP contribution in [0.2, 0.25) is 0 Å². The molecule has 2 aromatic rings. The van der Waals surface area contributed by atoms with Gasteiger partial charge in [-0.05, 0) is 37.1 Å². The van der Waals surface area contributed by atoms with Crippen LogP contribution in [0.5, 0.6) is 5.75 Å². The molecule has 2 amide bonds. The van der Waals surface area contributed by atoms with Gasteiger partial charge in [0.05, 0.1) is 6.54 Å². The number of hydrogen-bond donors (Lipinski definition) is 1. The summed E-state index contributed by atoms with van der Waals surface area (Å²) in [7, 11) is 1.47. The molecule has 0 spiro atoms. The predicted molar refractivity (Wildman–Crippen MR) is 98.5 cm³/mol. The highest BCUT2D eigenvalue weighted by molar-refractivity contribution is 5.95. The third-order valence-corrected chi connectivity index (χ3v) is 3.98. The second-order valence-electron chi connectivity index (χ2n) is 6.09. The fourth-order valence-corrected chi connectivity index (χ4v) is 2.55. The van der Waals surface area contributed by atoms with Crippen LogP contribution < -0.4 is 10.1 Å². The second kappa shape index (κ2) is 9.12. The molecule has 0 saturated carbocycles. The van der Waals surface area contributed by atoms with Crippen LogP contribution in [0.1, 0.15) is 19.4 Å². The first-order valence-electron chi connectivity index (χ1n) is 8.56. The summed E-state index contributed by atoms with van der Waals surface area (Å²) in [5, 5.41) is 2.78. The Bertz CT molecular complexity index is 827. The second-order valence-corrected chi connectivity index (χ2v) is 6.09. The highest BCUT2D eigenvalue weighted by Crippen LogP contribution is 2.18. The lowest BCUT2D eigenvalue weighted by Crippen LogP contribution is -2.42. The Balaban J connectivity index is 1.93. The van der Waals surface area contributed by atoms with Gasteiger partial charge in [-0.15, -0.1) is 0 Å². The van der Waals surface area contributed by atoms with Gasteiger partial charge in [-0.3, -0.25) is 9.59 Å². The van der Waals surface area contributed by atoms with Crippen molar-refractivity contribution in [3.8, 4) is 5.75 Å². The summed E-state index contributed by atoms with van der Waals surface area (Å²) in [5.74, 6) is -2.83. The van der Waals surface area contributed by atoms with E-state index in [9.17, 15) is 18.4 Å². The molecule has 1 N–H and O–H groups in total. The molecule has 0 heterocycles. The van der Waals surface area contributed by atoms with Gasteiger partial charge in [0.15, 0.2) is 17.7 Å². The molecule has 2 aromatic carbocycles. The van der Waals surface area contributed by atoms with Crippen LogP contribution in [0.15, 0.2) is 42.5 Å². The normalized spacial score (nSPS) is 11.6. The number of likely N-dealkylation sites (N-methyl/N-ethyl adjacent to an activating group) is 1. The summed E-state index contributed by atoms with van der Waals surface area (Å²) < 4.78 is 31.5. The van der Waals surface area contributed by atoms with Gasteiger partial charge in [-0.1, -0.05) is 25.1 Å². The lowest BCUT2D eigenvalue weighted by atomic mass is 10.1. The van der Waals surface area contributed by atoms with Crippen LogP contribution in [-0.4, -0.2) is 36.4 Å². The minimum absolute atomic E-state index is 0.0319. The van der Waals surface area contributed by atoms with E-state index in [4.69, 9.17) is 4.74 Å². The first-order valence-corrected chi connectivity index (χ1v) is 8.56. The van der Waals surface area contributed by atoms with Crippen LogP contribution in [-0.2, 0) is 16.0 Å². The summed E-state index contributed by atoms with van der Waals surface area (Å²) in [6.45, 7) is 3.30. The number of benzene rings is 2. The molecule has 0 bridgehead atoms. The van der Waals surface area contributed by atoms with Crippen molar-refractivity contribution in [2.24, 2.45) is 0 Å². The van der Waals surface area contributed by atoms with Gasteiger partial charge in [0.2, 0.25) is 5.91 Å². The van der Waals surface area contributed by atoms with Crippen molar-refractivity contribution in [3.63, 3.8) is 0 Å². The Kier molecular flexibility index (Phi) is 6.87. The van der Waals surface area contributed by atoms with Gasteiger partial charge in [-0.2, -0.15) is 0 Å². The Hall–Kier alpha value is -2.96. The number of nitrogens with one attached hydrogen (secondary N) is 1. The highest BCUT2D eigenvalue weighted by Gasteiger charge is 2.22. The van der Waals surface area contributed by atoms with E-state index >= 15 is 0 Å². The van der Waals surface area contributed by atoms with Gasteiger partial charge in [0.25, 0.3) is 5.91 Å². The molecular formula is C20H22F2N2O3. The standard InChI is InChI=1S/C20H22F2N2O3/c1-4-14-7-5-6-8-18(14)23-19(25)12-24(3)20(26)13(2)27-15-9-10-16(21)17(22)11-15/h5-11,13H,4,12H2,1-3H3,(H,23,25). The SMILES string of the molecule is CCc1ccccc1NC(=O)CN(C)C(=O)C(C)Oc1ccc(F)c(F)c1. The molecule has 0 aromatic heterocycles. The fraction of sp³-hybridized carbons (Fsp3) is 0.300. The van der Waals surface area contributed by atoms with Crippen molar-refractivity contribution < 1.29 is 23.1 Å². The summed E-state index contributed by atoms with van der Waals surface area (Å²) in [4.78, 5) is 25.8. The lowest BCUT2D eigenvalue weighted by molar-refractivity contribution is -0.139. The molecule has 2 rings (SSSR count). The van der Waals surface area contributed by atoms with Crippen molar-refractivity contribution in [1.29, 1.82) is 0 Å². The smallest absolute Gasteiger partial charge is 0.263 e. The number of aryl methyl sites for hydroxylation is 1. The van der Waals surface area contributed by atoms with E-state index in [1.165, 1.54) is 24.9 Å².